The Bertz CT molecular complexity index is 587. The van der Waals surface area contributed by atoms with Gasteiger partial charge in [0.25, 0.3) is 5.91 Å². The van der Waals surface area contributed by atoms with Crippen LogP contribution in [0.15, 0.2) is 24.3 Å². The van der Waals surface area contributed by atoms with Gasteiger partial charge >= 0.3 is 0 Å². The molecule has 6 nitrogen and oxygen atoms in total. The second kappa shape index (κ2) is 9.97. The Morgan fingerprint density at radius 3 is 2.22 bits per heavy atom. The number of nitrogens with zero attached hydrogens (tertiary/aromatic N) is 1. The maximum absolute atomic E-state index is 12.2. The molecule has 0 aliphatic heterocycles. The van der Waals surface area contributed by atoms with Crippen LogP contribution in [0, 0.1) is 0 Å². The van der Waals surface area contributed by atoms with E-state index in [0.29, 0.717) is 11.3 Å². The van der Waals surface area contributed by atoms with Gasteiger partial charge in [-0.1, -0.05) is 0 Å². The topological polar surface area (TPSA) is 75.7 Å². The fraction of sp³-hybridized carbons (Fsp3) is 0.500. The van der Waals surface area contributed by atoms with E-state index in [1.165, 1.54) is 11.4 Å². The van der Waals surface area contributed by atoms with Crippen molar-refractivity contribution in [3.05, 3.63) is 29.8 Å². The second-order valence-corrected chi connectivity index (χ2v) is 7.42. The summed E-state index contributed by atoms with van der Waals surface area (Å²) in [6, 6.07) is 6.54. The molecule has 0 heterocycles. The van der Waals surface area contributed by atoms with E-state index in [4.69, 9.17) is 27.9 Å². The van der Waals surface area contributed by atoms with Crippen molar-refractivity contribution in [3.63, 3.8) is 0 Å². The van der Waals surface area contributed by atoms with Crippen molar-refractivity contribution >= 4 is 39.1 Å². The Morgan fingerprint density at radius 1 is 1.17 bits per heavy atom. The molecule has 0 spiro atoms. The SMILES string of the molecule is COc1ccc(C(=O)NCCS(=O)(=O)N(CCCl)CCCl)cc1. The number of benzene rings is 1. The molecule has 1 aromatic rings. The number of amides is 1. The number of hydrogen-bond donors (Lipinski definition) is 1. The van der Waals surface area contributed by atoms with Crippen molar-refractivity contribution in [1.82, 2.24) is 9.62 Å². The van der Waals surface area contributed by atoms with Gasteiger partial charge in [0, 0.05) is 37.0 Å². The Hall–Kier alpha value is -1.02. The number of nitrogens with one attached hydrogen (secondary N) is 1. The van der Waals surface area contributed by atoms with E-state index in [2.05, 4.69) is 5.32 Å². The van der Waals surface area contributed by atoms with E-state index in [1.807, 2.05) is 0 Å². The second-order valence-electron chi connectivity index (χ2n) is 4.58. The fourth-order valence-corrected chi connectivity index (χ4v) is 3.81. The van der Waals surface area contributed by atoms with E-state index >= 15 is 0 Å². The van der Waals surface area contributed by atoms with Crippen molar-refractivity contribution in [3.8, 4) is 5.75 Å². The van der Waals surface area contributed by atoms with Crippen molar-refractivity contribution < 1.29 is 17.9 Å². The molecule has 0 bridgehead atoms. The fourth-order valence-electron chi connectivity index (χ4n) is 1.85. The average molecular weight is 383 g/mol. The quantitative estimate of drug-likeness (QED) is 0.622. The molecule has 9 heteroatoms. The van der Waals surface area contributed by atoms with Crippen LogP contribution in [0.25, 0.3) is 0 Å². The van der Waals surface area contributed by atoms with Crippen LogP contribution in [0.2, 0.25) is 0 Å². The summed E-state index contributed by atoms with van der Waals surface area (Å²) in [5, 5.41) is 2.58. The number of halogens is 2. The number of hydrogen-bond acceptors (Lipinski definition) is 4. The predicted octanol–water partition coefficient (Wildman–Crippen LogP) is 1.53. The van der Waals surface area contributed by atoms with Gasteiger partial charge < -0.3 is 10.1 Å². The third kappa shape index (κ3) is 6.55. The minimum Gasteiger partial charge on any atom is -0.497 e. The first kappa shape index (κ1) is 20.0. The lowest BCUT2D eigenvalue weighted by molar-refractivity contribution is 0.0956. The van der Waals surface area contributed by atoms with Gasteiger partial charge in [0.05, 0.1) is 12.9 Å². The van der Waals surface area contributed by atoms with E-state index in [-0.39, 0.29) is 43.1 Å². The Balaban J connectivity index is 2.54. The number of ether oxygens (including phenoxy) is 1. The molecule has 0 aliphatic carbocycles. The smallest absolute Gasteiger partial charge is 0.251 e. The van der Waals surface area contributed by atoms with E-state index in [1.54, 1.807) is 24.3 Å². The molecule has 1 aromatic carbocycles. The summed E-state index contributed by atoms with van der Waals surface area (Å²) in [4.78, 5) is 11.9. The van der Waals surface area contributed by atoms with Crippen LogP contribution < -0.4 is 10.1 Å². The summed E-state index contributed by atoms with van der Waals surface area (Å²) in [5.41, 5.74) is 0.432. The molecule has 0 atom stereocenters. The van der Waals surface area contributed by atoms with Crippen LogP contribution >= 0.6 is 23.2 Å². The summed E-state index contributed by atoms with van der Waals surface area (Å²) in [7, 11) is -1.97. The van der Waals surface area contributed by atoms with Crippen LogP contribution in [-0.4, -0.2) is 62.9 Å². The van der Waals surface area contributed by atoms with Crippen LogP contribution in [0.3, 0.4) is 0 Å². The number of carbonyl (C=O) groups is 1. The standard InChI is InChI=1S/C14H20Cl2N2O4S/c1-22-13-4-2-12(3-5-13)14(19)17-8-11-23(20,21)18(9-6-15)10-7-16/h2-5H,6-11H2,1H3,(H,17,19). The Morgan fingerprint density at radius 2 is 1.74 bits per heavy atom. The van der Waals surface area contributed by atoms with Crippen LogP contribution in [0.4, 0.5) is 0 Å². The van der Waals surface area contributed by atoms with E-state index in [0.717, 1.165) is 0 Å². The zero-order chi connectivity index (χ0) is 17.3. The maximum atomic E-state index is 12.2. The van der Waals surface area contributed by atoms with Crippen molar-refractivity contribution in [1.29, 1.82) is 0 Å². The first-order valence-corrected chi connectivity index (χ1v) is 9.64. The molecular formula is C14H20Cl2N2O4S. The maximum Gasteiger partial charge on any atom is 0.251 e. The Labute approximate surface area is 146 Å². The van der Waals surface area contributed by atoms with Crippen molar-refractivity contribution in [2.45, 2.75) is 0 Å². The molecule has 0 saturated carbocycles. The highest BCUT2D eigenvalue weighted by molar-refractivity contribution is 7.89. The van der Waals surface area contributed by atoms with Gasteiger partial charge in [0.2, 0.25) is 10.0 Å². The molecular weight excluding hydrogens is 363 g/mol. The minimum atomic E-state index is -3.51. The summed E-state index contributed by atoms with van der Waals surface area (Å²) in [6.45, 7) is 0.403. The lowest BCUT2D eigenvalue weighted by Gasteiger charge is -2.20. The number of carbonyl (C=O) groups excluding carboxylic acids is 1. The van der Waals surface area contributed by atoms with E-state index < -0.39 is 10.0 Å². The highest BCUT2D eigenvalue weighted by Crippen LogP contribution is 2.11. The normalized spacial score (nSPS) is 11.5. The minimum absolute atomic E-state index is 0.00820. The lowest BCUT2D eigenvalue weighted by Crippen LogP contribution is -2.39. The third-order valence-electron chi connectivity index (χ3n) is 3.06. The van der Waals surface area contributed by atoms with Gasteiger partial charge in [-0.2, -0.15) is 4.31 Å². The first-order valence-electron chi connectivity index (χ1n) is 6.96. The summed E-state index contributed by atoms with van der Waals surface area (Å²) in [6.07, 6.45) is 0. The van der Waals surface area contributed by atoms with Gasteiger partial charge in [-0.15, -0.1) is 23.2 Å². The monoisotopic (exact) mass is 382 g/mol. The number of rotatable bonds is 10. The average Bonchev–Trinajstić information content (AvgIpc) is 2.54. The van der Waals surface area contributed by atoms with Gasteiger partial charge in [-0.05, 0) is 24.3 Å². The van der Waals surface area contributed by atoms with Crippen molar-refractivity contribution in [2.75, 3.05) is 44.3 Å². The summed E-state index contributed by atoms with van der Waals surface area (Å²) >= 11 is 11.2. The molecule has 1 N–H and O–H groups in total. The number of sulfonamides is 1. The predicted molar refractivity (Wildman–Crippen MR) is 92.1 cm³/mol. The van der Waals surface area contributed by atoms with Crippen molar-refractivity contribution in [2.24, 2.45) is 0 Å². The van der Waals surface area contributed by atoms with Crippen LogP contribution in [-0.2, 0) is 10.0 Å². The van der Waals surface area contributed by atoms with Gasteiger partial charge in [-0.3, -0.25) is 4.79 Å². The highest BCUT2D eigenvalue weighted by atomic mass is 35.5. The number of alkyl halides is 2. The van der Waals surface area contributed by atoms with E-state index in [9.17, 15) is 13.2 Å². The molecule has 0 saturated heterocycles. The molecule has 23 heavy (non-hydrogen) atoms. The molecule has 0 fully saturated rings. The molecule has 0 radical (unpaired) electrons. The third-order valence-corrected chi connectivity index (χ3v) is 5.27. The van der Waals surface area contributed by atoms with Crippen LogP contribution in [0.1, 0.15) is 10.4 Å². The molecule has 1 rings (SSSR count). The molecule has 0 unspecified atom stereocenters. The molecule has 130 valence electrons. The number of methoxy groups -OCH3 is 1. The van der Waals surface area contributed by atoms with Gasteiger partial charge in [0.1, 0.15) is 5.75 Å². The summed E-state index contributed by atoms with van der Waals surface area (Å²) in [5.74, 6) is 0.469. The summed E-state index contributed by atoms with van der Waals surface area (Å²) < 4.78 is 30.5. The largest absolute Gasteiger partial charge is 0.497 e. The molecule has 0 aromatic heterocycles. The Kier molecular flexibility index (Phi) is 8.68. The zero-order valence-electron chi connectivity index (χ0n) is 12.8. The zero-order valence-corrected chi connectivity index (χ0v) is 15.1. The molecule has 1 amide bonds. The lowest BCUT2D eigenvalue weighted by atomic mass is 10.2. The highest BCUT2D eigenvalue weighted by Gasteiger charge is 2.21. The van der Waals surface area contributed by atoms with Crippen LogP contribution in [0.5, 0.6) is 5.75 Å². The molecule has 0 aliphatic rings. The first-order chi connectivity index (χ1) is 10.9. The van der Waals surface area contributed by atoms with Gasteiger partial charge in [0.15, 0.2) is 0 Å². The van der Waals surface area contributed by atoms with Gasteiger partial charge in [-0.25, -0.2) is 8.42 Å².